The summed E-state index contributed by atoms with van der Waals surface area (Å²) in [5.74, 6) is -0.738. The lowest BCUT2D eigenvalue weighted by Gasteiger charge is -1.87. The molecule has 0 heterocycles. The Morgan fingerprint density at radius 1 is 0.833 bits per heavy atom. The molecule has 0 saturated carbocycles. The molecular weight excluding hydrogens is 224 g/mol. The molecule has 0 unspecified atom stereocenters. The topological polar surface area (TPSA) is 37.3 Å². The molecule has 0 bridgehead atoms. The van der Waals surface area contributed by atoms with Crippen LogP contribution in [0.4, 0.5) is 0 Å². The van der Waals surface area contributed by atoms with Gasteiger partial charge in [-0.2, -0.15) is 0 Å². The molecule has 0 aliphatic rings. The molecule has 0 saturated heterocycles. The van der Waals surface area contributed by atoms with Gasteiger partial charge in [0.25, 0.3) is 0 Å². The number of hydrogen-bond acceptors (Lipinski definition) is 1. The van der Waals surface area contributed by atoms with Crippen molar-refractivity contribution in [3.63, 3.8) is 0 Å². The van der Waals surface area contributed by atoms with Crippen LogP contribution in [-0.2, 0) is 4.79 Å². The maximum absolute atomic E-state index is 10.2. The second kappa shape index (κ2) is 13.5. The Morgan fingerprint density at radius 2 is 1.28 bits per heavy atom. The molecule has 2 heteroatoms. The van der Waals surface area contributed by atoms with Crippen molar-refractivity contribution < 1.29 is 9.90 Å². The van der Waals surface area contributed by atoms with Crippen LogP contribution in [0.2, 0.25) is 0 Å². The average molecular weight is 248 g/mol. The molecule has 1 N–H and O–H groups in total. The van der Waals surface area contributed by atoms with E-state index in [1.807, 2.05) is 12.2 Å². The molecule has 0 spiro atoms. The predicted molar refractivity (Wildman–Crippen MR) is 77.6 cm³/mol. The third-order valence-corrected chi connectivity index (χ3v) is 2.24. The summed E-state index contributed by atoms with van der Waals surface area (Å²) in [4.78, 5) is 10.2. The third-order valence-electron chi connectivity index (χ3n) is 2.24. The zero-order chi connectivity index (χ0) is 13.5. The van der Waals surface area contributed by atoms with Crippen molar-refractivity contribution >= 4 is 5.97 Å². The van der Waals surface area contributed by atoms with Gasteiger partial charge in [0.15, 0.2) is 0 Å². The highest BCUT2D eigenvalue weighted by Gasteiger charge is 1.90. The standard InChI is InChI=1S/C16H24O2/c1-2-3-4-5-6-7-8-9-10-11-12-13-14-15-16(17)18/h3-4,6-7,9-10,12-13H,2,5,8,11,14-15H2,1H3,(H,17,18). The highest BCUT2D eigenvalue weighted by molar-refractivity contribution is 5.66. The van der Waals surface area contributed by atoms with E-state index in [4.69, 9.17) is 5.11 Å². The summed E-state index contributed by atoms with van der Waals surface area (Å²) in [5, 5.41) is 8.43. The first-order chi connectivity index (χ1) is 8.77. The van der Waals surface area contributed by atoms with Crippen LogP contribution in [0.3, 0.4) is 0 Å². The normalized spacial score (nSPS) is 12.5. The highest BCUT2D eigenvalue weighted by atomic mass is 16.4. The van der Waals surface area contributed by atoms with Gasteiger partial charge in [-0.15, -0.1) is 0 Å². The maximum Gasteiger partial charge on any atom is 0.303 e. The van der Waals surface area contributed by atoms with E-state index in [2.05, 4.69) is 43.4 Å². The van der Waals surface area contributed by atoms with E-state index in [0.29, 0.717) is 6.42 Å². The van der Waals surface area contributed by atoms with Gasteiger partial charge >= 0.3 is 5.97 Å². The van der Waals surface area contributed by atoms with E-state index in [1.54, 1.807) is 0 Å². The van der Waals surface area contributed by atoms with Gasteiger partial charge in [0.1, 0.15) is 0 Å². The van der Waals surface area contributed by atoms with Crippen molar-refractivity contribution in [2.45, 2.75) is 45.4 Å². The largest absolute Gasteiger partial charge is 0.481 e. The van der Waals surface area contributed by atoms with Crippen LogP contribution < -0.4 is 0 Å². The van der Waals surface area contributed by atoms with E-state index in [9.17, 15) is 4.79 Å². The molecule has 18 heavy (non-hydrogen) atoms. The van der Waals surface area contributed by atoms with Crippen LogP contribution in [0, 0.1) is 0 Å². The number of rotatable bonds is 10. The minimum Gasteiger partial charge on any atom is -0.481 e. The molecular formula is C16H24O2. The Hall–Kier alpha value is -1.57. The van der Waals surface area contributed by atoms with Crippen molar-refractivity contribution in [2.75, 3.05) is 0 Å². The van der Waals surface area contributed by atoms with Gasteiger partial charge < -0.3 is 5.11 Å². The monoisotopic (exact) mass is 248 g/mol. The van der Waals surface area contributed by atoms with Crippen LogP contribution in [0.25, 0.3) is 0 Å². The van der Waals surface area contributed by atoms with Gasteiger partial charge in [0.2, 0.25) is 0 Å². The van der Waals surface area contributed by atoms with Crippen LogP contribution in [0.1, 0.15) is 45.4 Å². The van der Waals surface area contributed by atoms with E-state index >= 15 is 0 Å². The van der Waals surface area contributed by atoms with Crippen molar-refractivity contribution in [3.05, 3.63) is 48.6 Å². The predicted octanol–water partition coefficient (Wildman–Crippen LogP) is 4.66. The summed E-state index contributed by atoms with van der Waals surface area (Å²) in [6, 6.07) is 0. The van der Waals surface area contributed by atoms with Crippen LogP contribution in [-0.4, -0.2) is 11.1 Å². The molecule has 0 aromatic rings. The summed E-state index contributed by atoms with van der Waals surface area (Å²) < 4.78 is 0. The molecule has 0 atom stereocenters. The number of allylic oxidation sites excluding steroid dienone is 8. The van der Waals surface area contributed by atoms with E-state index < -0.39 is 5.97 Å². The van der Waals surface area contributed by atoms with E-state index in [0.717, 1.165) is 25.7 Å². The Balaban J connectivity index is 3.42. The number of carboxylic acid groups (broad SMARTS) is 1. The van der Waals surface area contributed by atoms with Crippen molar-refractivity contribution in [1.82, 2.24) is 0 Å². The molecule has 0 aromatic carbocycles. The van der Waals surface area contributed by atoms with E-state index in [-0.39, 0.29) is 6.42 Å². The number of hydrogen-bond donors (Lipinski definition) is 1. The first-order valence-electron chi connectivity index (χ1n) is 6.59. The summed E-state index contributed by atoms with van der Waals surface area (Å²) in [7, 11) is 0. The first kappa shape index (κ1) is 16.4. The smallest absolute Gasteiger partial charge is 0.303 e. The number of carbonyl (C=O) groups is 1. The Bertz CT molecular complexity index is 309. The molecule has 0 rings (SSSR count). The molecule has 100 valence electrons. The fourth-order valence-electron chi connectivity index (χ4n) is 1.30. The van der Waals surface area contributed by atoms with Gasteiger partial charge in [0, 0.05) is 6.42 Å². The summed E-state index contributed by atoms with van der Waals surface area (Å²) in [5.41, 5.74) is 0. The number of carboxylic acids is 1. The zero-order valence-electron chi connectivity index (χ0n) is 11.2. The Kier molecular flexibility index (Phi) is 12.3. The second-order valence-electron chi connectivity index (χ2n) is 3.93. The highest BCUT2D eigenvalue weighted by Crippen LogP contribution is 1.96. The Labute approximate surface area is 110 Å². The lowest BCUT2D eigenvalue weighted by atomic mass is 10.2. The average Bonchev–Trinajstić information content (AvgIpc) is 2.34. The molecule has 0 fully saturated rings. The van der Waals surface area contributed by atoms with Crippen LogP contribution in [0.5, 0.6) is 0 Å². The minimum atomic E-state index is -0.738. The molecule has 0 amide bonds. The first-order valence-corrected chi connectivity index (χ1v) is 6.59. The zero-order valence-corrected chi connectivity index (χ0v) is 11.2. The summed E-state index contributed by atoms with van der Waals surface area (Å²) in [6.07, 6.45) is 21.6. The van der Waals surface area contributed by atoms with Gasteiger partial charge in [-0.1, -0.05) is 55.5 Å². The van der Waals surface area contributed by atoms with Gasteiger partial charge in [0.05, 0.1) is 0 Å². The van der Waals surface area contributed by atoms with Crippen molar-refractivity contribution in [3.8, 4) is 0 Å². The lowest BCUT2D eigenvalue weighted by Crippen LogP contribution is -1.91. The van der Waals surface area contributed by atoms with Crippen molar-refractivity contribution in [1.29, 1.82) is 0 Å². The van der Waals surface area contributed by atoms with Gasteiger partial charge in [-0.05, 0) is 32.1 Å². The molecule has 0 radical (unpaired) electrons. The molecule has 2 nitrogen and oxygen atoms in total. The summed E-state index contributed by atoms with van der Waals surface area (Å²) >= 11 is 0. The van der Waals surface area contributed by atoms with E-state index in [1.165, 1.54) is 0 Å². The number of aliphatic carboxylic acids is 1. The van der Waals surface area contributed by atoms with Gasteiger partial charge in [-0.3, -0.25) is 4.79 Å². The SMILES string of the molecule is CCC=CCC=CCC=CCC=CCCC(=O)O. The quantitative estimate of drug-likeness (QED) is 0.571. The van der Waals surface area contributed by atoms with Crippen molar-refractivity contribution in [2.24, 2.45) is 0 Å². The van der Waals surface area contributed by atoms with Crippen LogP contribution >= 0.6 is 0 Å². The molecule has 0 aliphatic carbocycles. The van der Waals surface area contributed by atoms with Gasteiger partial charge in [-0.25, -0.2) is 0 Å². The van der Waals surface area contributed by atoms with Crippen LogP contribution in [0.15, 0.2) is 48.6 Å². The minimum absolute atomic E-state index is 0.216. The lowest BCUT2D eigenvalue weighted by molar-refractivity contribution is -0.136. The molecule has 0 aromatic heterocycles. The molecule has 0 aliphatic heterocycles. The second-order valence-corrected chi connectivity index (χ2v) is 3.93. The maximum atomic E-state index is 10.2. The summed E-state index contributed by atoms with van der Waals surface area (Å²) in [6.45, 7) is 2.13. The third kappa shape index (κ3) is 14.4. The fourth-order valence-corrected chi connectivity index (χ4v) is 1.30. The fraction of sp³-hybridized carbons (Fsp3) is 0.438. The Morgan fingerprint density at radius 3 is 1.72 bits per heavy atom.